The number of fused-ring (bicyclic) bond motifs is 1. The first-order chi connectivity index (χ1) is 9.33. The van der Waals surface area contributed by atoms with E-state index < -0.39 is 0 Å². The van der Waals surface area contributed by atoms with Crippen LogP contribution in [0.15, 0.2) is 18.3 Å². The Morgan fingerprint density at radius 1 is 1.47 bits per heavy atom. The van der Waals surface area contributed by atoms with Crippen molar-refractivity contribution in [3.8, 4) is 0 Å². The van der Waals surface area contributed by atoms with Gasteiger partial charge in [0.15, 0.2) is 11.9 Å². The number of aromatic nitrogens is 3. The molecule has 5 nitrogen and oxygen atoms in total. The molecule has 0 spiro atoms. The highest BCUT2D eigenvalue weighted by molar-refractivity contribution is 5.83. The maximum absolute atomic E-state index is 11.0. The molecule has 0 aromatic carbocycles. The van der Waals surface area contributed by atoms with E-state index in [-0.39, 0.29) is 0 Å². The molecular formula is C14H18N4O. The molecule has 3 heterocycles. The third kappa shape index (κ3) is 2.14. The highest BCUT2D eigenvalue weighted by Crippen LogP contribution is 2.20. The van der Waals surface area contributed by atoms with Crippen LogP contribution in [0.3, 0.4) is 0 Å². The lowest BCUT2D eigenvalue weighted by atomic mass is 10.1. The zero-order chi connectivity index (χ0) is 13.2. The summed E-state index contributed by atoms with van der Waals surface area (Å²) in [5, 5.41) is 8.41. The smallest absolute Gasteiger partial charge is 0.171 e. The van der Waals surface area contributed by atoms with Gasteiger partial charge in [0.05, 0.1) is 5.56 Å². The van der Waals surface area contributed by atoms with Gasteiger partial charge in [-0.25, -0.2) is 0 Å². The number of likely N-dealkylation sites (N-methyl/N-ethyl adjacent to an activating group) is 1. The van der Waals surface area contributed by atoms with Gasteiger partial charge < -0.3 is 4.90 Å². The number of hydrogen-bond acceptors (Lipinski definition) is 4. The fourth-order valence-corrected chi connectivity index (χ4v) is 2.97. The first-order valence-electron chi connectivity index (χ1n) is 6.85. The molecule has 1 saturated heterocycles. The van der Waals surface area contributed by atoms with Gasteiger partial charge in [0.25, 0.3) is 0 Å². The van der Waals surface area contributed by atoms with Crippen molar-refractivity contribution in [2.45, 2.75) is 32.2 Å². The number of carbonyl (C=O) groups excluding carboxylic acids is 1. The van der Waals surface area contributed by atoms with Gasteiger partial charge in [-0.3, -0.25) is 9.20 Å². The van der Waals surface area contributed by atoms with Crippen molar-refractivity contribution in [3.05, 3.63) is 29.7 Å². The molecule has 0 bridgehead atoms. The summed E-state index contributed by atoms with van der Waals surface area (Å²) in [4.78, 5) is 13.5. The molecule has 0 amide bonds. The maximum Gasteiger partial charge on any atom is 0.171 e. The van der Waals surface area contributed by atoms with Crippen LogP contribution in [0.5, 0.6) is 0 Å². The van der Waals surface area contributed by atoms with Gasteiger partial charge in [-0.05, 0) is 38.1 Å². The molecule has 2 aromatic rings. The van der Waals surface area contributed by atoms with Gasteiger partial charge in [0, 0.05) is 18.7 Å². The first-order valence-corrected chi connectivity index (χ1v) is 6.85. The predicted octanol–water partition coefficient (Wildman–Crippen LogP) is 1.57. The van der Waals surface area contributed by atoms with Crippen molar-refractivity contribution in [1.82, 2.24) is 19.5 Å². The van der Waals surface area contributed by atoms with Gasteiger partial charge >= 0.3 is 0 Å². The highest BCUT2D eigenvalue weighted by Gasteiger charge is 2.25. The van der Waals surface area contributed by atoms with Crippen LogP contribution in [0.25, 0.3) is 5.65 Å². The lowest BCUT2D eigenvalue weighted by Gasteiger charge is -2.21. The fourth-order valence-electron chi connectivity index (χ4n) is 2.97. The van der Waals surface area contributed by atoms with E-state index in [2.05, 4.69) is 22.0 Å². The predicted molar refractivity (Wildman–Crippen MR) is 72.3 cm³/mol. The summed E-state index contributed by atoms with van der Waals surface area (Å²) in [6, 6.07) is 4.20. The van der Waals surface area contributed by atoms with E-state index in [0.717, 1.165) is 25.1 Å². The summed E-state index contributed by atoms with van der Waals surface area (Å²) in [6.45, 7) is 4.46. The summed E-state index contributed by atoms with van der Waals surface area (Å²) in [7, 11) is 0. The van der Waals surface area contributed by atoms with Crippen LogP contribution < -0.4 is 0 Å². The molecule has 1 fully saturated rings. The largest absolute Gasteiger partial charge is 0.300 e. The Bertz CT molecular complexity index is 592. The average molecular weight is 258 g/mol. The molecule has 2 aromatic heterocycles. The van der Waals surface area contributed by atoms with Crippen LogP contribution in [-0.4, -0.2) is 44.9 Å². The van der Waals surface area contributed by atoms with Crippen LogP contribution in [0.4, 0.5) is 0 Å². The zero-order valence-corrected chi connectivity index (χ0v) is 11.1. The van der Waals surface area contributed by atoms with Gasteiger partial charge in [0.2, 0.25) is 0 Å². The average Bonchev–Trinajstić information content (AvgIpc) is 3.06. The Morgan fingerprint density at radius 3 is 3.16 bits per heavy atom. The quantitative estimate of drug-likeness (QED) is 0.781. The number of carbonyl (C=O) groups is 1. The van der Waals surface area contributed by atoms with Crippen molar-refractivity contribution in [3.63, 3.8) is 0 Å². The van der Waals surface area contributed by atoms with E-state index in [4.69, 9.17) is 0 Å². The van der Waals surface area contributed by atoms with Gasteiger partial charge in [-0.1, -0.05) is 6.92 Å². The Hall–Kier alpha value is -1.75. The summed E-state index contributed by atoms with van der Waals surface area (Å²) in [6.07, 6.45) is 6.15. The van der Waals surface area contributed by atoms with Crippen molar-refractivity contribution in [2.24, 2.45) is 0 Å². The van der Waals surface area contributed by atoms with E-state index in [9.17, 15) is 4.79 Å². The SMILES string of the molecule is CCN1CCCC1Cc1nnc2c(C=O)cccn12. The number of aldehydes is 1. The minimum Gasteiger partial charge on any atom is -0.300 e. The standard InChI is InChI=1S/C14H18N4O/c1-2-17-7-4-6-12(17)9-13-15-16-14-11(10-19)5-3-8-18(13)14/h3,5,8,10,12H,2,4,6-7,9H2,1H3. The molecule has 1 unspecified atom stereocenters. The van der Waals surface area contributed by atoms with E-state index in [0.29, 0.717) is 17.3 Å². The maximum atomic E-state index is 11.0. The molecule has 5 heteroatoms. The third-order valence-electron chi connectivity index (χ3n) is 3.99. The molecular weight excluding hydrogens is 240 g/mol. The molecule has 19 heavy (non-hydrogen) atoms. The molecule has 100 valence electrons. The second kappa shape index (κ2) is 5.09. The topological polar surface area (TPSA) is 50.5 Å². The Kier molecular flexibility index (Phi) is 3.29. The molecule has 1 atom stereocenters. The summed E-state index contributed by atoms with van der Waals surface area (Å²) >= 11 is 0. The number of rotatable bonds is 4. The Morgan fingerprint density at radius 2 is 2.37 bits per heavy atom. The molecule has 1 aliphatic heterocycles. The lowest BCUT2D eigenvalue weighted by molar-refractivity contribution is 0.112. The van der Waals surface area contributed by atoms with Crippen LogP contribution in [0, 0.1) is 0 Å². The van der Waals surface area contributed by atoms with E-state index in [1.54, 1.807) is 6.07 Å². The van der Waals surface area contributed by atoms with Crippen LogP contribution >= 0.6 is 0 Å². The summed E-state index contributed by atoms with van der Waals surface area (Å²) in [5.74, 6) is 0.948. The highest BCUT2D eigenvalue weighted by atomic mass is 16.1. The van der Waals surface area contributed by atoms with E-state index in [1.165, 1.54) is 19.4 Å². The monoisotopic (exact) mass is 258 g/mol. The van der Waals surface area contributed by atoms with Gasteiger partial charge in [-0.15, -0.1) is 10.2 Å². The summed E-state index contributed by atoms with van der Waals surface area (Å²) < 4.78 is 1.94. The van der Waals surface area contributed by atoms with Crippen LogP contribution in [0.2, 0.25) is 0 Å². The fraction of sp³-hybridized carbons (Fsp3) is 0.500. The second-order valence-corrected chi connectivity index (χ2v) is 5.02. The zero-order valence-electron chi connectivity index (χ0n) is 11.1. The second-order valence-electron chi connectivity index (χ2n) is 5.02. The van der Waals surface area contributed by atoms with E-state index in [1.807, 2.05) is 16.7 Å². The molecule has 0 radical (unpaired) electrons. The summed E-state index contributed by atoms with van der Waals surface area (Å²) in [5.41, 5.74) is 1.26. The first kappa shape index (κ1) is 12.3. The third-order valence-corrected chi connectivity index (χ3v) is 3.99. The van der Waals surface area contributed by atoms with Gasteiger partial charge in [0.1, 0.15) is 5.82 Å². The number of nitrogens with zero attached hydrogens (tertiary/aromatic N) is 4. The lowest BCUT2D eigenvalue weighted by Crippen LogP contribution is -2.31. The number of hydrogen-bond donors (Lipinski definition) is 0. The molecule has 0 aliphatic carbocycles. The molecule has 3 rings (SSSR count). The molecule has 1 aliphatic rings. The van der Waals surface area contributed by atoms with Crippen LogP contribution in [0.1, 0.15) is 35.9 Å². The Labute approximate surface area is 112 Å². The number of likely N-dealkylation sites (tertiary alicyclic amines) is 1. The normalized spacial score (nSPS) is 20.2. The molecule has 0 saturated carbocycles. The van der Waals surface area contributed by atoms with Crippen molar-refractivity contribution >= 4 is 11.9 Å². The minimum atomic E-state index is 0.553. The van der Waals surface area contributed by atoms with Crippen molar-refractivity contribution < 1.29 is 4.79 Å². The van der Waals surface area contributed by atoms with E-state index >= 15 is 0 Å². The van der Waals surface area contributed by atoms with Crippen molar-refractivity contribution in [1.29, 1.82) is 0 Å². The van der Waals surface area contributed by atoms with Crippen LogP contribution in [-0.2, 0) is 6.42 Å². The molecule has 0 N–H and O–H groups in total. The Balaban J connectivity index is 1.91. The number of pyridine rings is 1. The van der Waals surface area contributed by atoms with Crippen molar-refractivity contribution in [2.75, 3.05) is 13.1 Å². The minimum absolute atomic E-state index is 0.553. The van der Waals surface area contributed by atoms with Gasteiger partial charge in [-0.2, -0.15) is 0 Å².